The molecule has 0 atom stereocenters. The maximum Gasteiger partial charge on any atom is 0.243 e. The number of nitrogens with one attached hydrogen (secondary N) is 2. The summed E-state index contributed by atoms with van der Waals surface area (Å²) in [5, 5.41) is 3.28. The van der Waals surface area contributed by atoms with E-state index < -0.39 is 15.8 Å². The first kappa shape index (κ1) is 14.4. The summed E-state index contributed by atoms with van der Waals surface area (Å²) >= 11 is 0. The lowest BCUT2D eigenvalue weighted by molar-refractivity contribution is 0.555. The summed E-state index contributed by atoms with van der Waals surface area (Å²) in [5.74, 6) is -0.709. The SMILES string of the molecule is CCCNS(=O)(=O)c1cc(CNC2CC2)ccc1F. The zero-order chi connectivity index (χ0) is 13.9. The first-order valence-corrected chi connectivity index (χ1v) is 8.02. The van der Waals surface area contributed by atoms with Gasteiger partial charge < -0.3 is 5.32 Å². The molecule has 0 bridgehead atoms. The summed E-state index contributed by atoms with van der Waals surface area (Å²) in [6.07, 6.45) is 2.98. The highest BCUT2D eigenvalue weighted by Crippen LogP contribution is 2.21. The van der Waals surface area contributed by atoms with E-state index in [1.54, 1.807) is 6.07 Å². The molecule has 1 aromatic rings. The Morgan fingerprint density at radius 3 is 2.74 bits per heavy atom. The molecule has 0 aliphatic heterocycles. The van der Waals surface area contributed by atoms with Crippen LogP contribution < -0.4 is 10.0 Å². The Hall–Kier alpha value is -0.980. The van der Waals surface area contributed by atoms with Gasteiger partial charge in [0.05, 0.1) is 0 Å². The molecule has 0 heterocycles. The molecule has 0 spiro atoms. The molecule has 2 rings (SSSR count). The topological polar surface area (TPSA) is 58.2 Å². The van der Waals surface area contributed by atoms with Crippen LogP contribution >= 0.6 is 0 Å². The smallest absolute Gasteiger partial charge is 0.243 e. The molecule has 1 aromatic carbocycles. The zero-order valence-electron chi connectivity index (χ0n) is 10.9. The maximum absolute atomic E-state index is 13.7. The van der Waals surface area contributed by atoms with Crippen molar-refractivity contribution in [2.75, 3.05) is 6.54 Å². The largest absolute Gasteiger partial charge is 0.310 e. The third kappa shape index (κ3) is 3.99. The average Bonchev–Trinajstić information content (AvgIpc) is 3.19. The Bertz CT molecular complexity index is 542. The Labute approximate surface area is 113 Å². The highest BCUT2D eigenvalue weighted by atomic mass is 32.2. The Morgan fingerprint density at radius 2 is 2.11 bits per heavy atom. The molecule has 19 heavy (non-hydrogen) atoms. The van der Waals surface area contributed by atoms with E-state index in [1.807, 2.05) is 6.92 Å². The Balaban J connectivity index is 2.15. The third-order valence-corrected chi connectivity index (χ3v) is 4.48. The number of hydrogen-bond donors (Lipinski definition) is 2. The molecular formula is C13H19FN2O2S. The van der Waals surface area contributed by atoms with Crippen molar-refractivity contribution in [1.82, 2.24) is 10.0 Å². The fourth-order valence-electron chi connectivity index (χ4n) is 1.73. The molecule has 1 fully saturated rings. The van der Waals surface area contributed by atoms with Gasteiger partial charge in [0, 0.05) is 19.1 Å². The molecule has 1 aliphatic rings. The van der Waals surface area contributed by atoms with Gasteiger partial charge in [-0.1, -0.05) is 13.0 Å². The minimum absolute atomic E-state index is 0.268. The monoisotopic (exact) mass is 286 g/mol. The van der Waals surface area contributed by atoms with E-state index in [0.29, 0.717) is 25.6 Å². The van der Waals surface area contributed by atoms with Crippen molar-refractivity contribution in [3.63, 3.8) is 0 Å². The second kappa shape index (κ2) is 5.98. The van der Waals surface area contributed by atoms with Gasteiger partial charge in [-0.25, -0.2) is 17.5 Å². The lowest BCUT2D eigenvalue weighted by Crippen LogP contribution is -2.25. The minimum Gasteiger partial charge on any atom is -0.310 e. The second-order valence-electron chi connectivity index (χ2n) is 4.82. The van der Waals surface area contributed by atoms with Gasteiger partial charge in [-0.2, -0.15) is 0 Å². The molecule has 106 valence electrons. The van der Waals surface area contributed by atoms with Crippen LogP contribution in [0.1, 0.15) is 31.7 Å². The molecule has 1 aliphatic carbocycles. The predicted octanol–water partition coefficient (Wildman–Crippen LogP) is 1.77. The van der Waals surface area contributed by atoms with Gasteiger partial charge in [-0.15, -0.1) is 0 Å². The summed E-state index contributed by atoms with van der Waals surface area (Å²) in [5.41, 5.74) is 0.783. The van der Waals surface area contributed by atoms with Crippen molar-refractivity contribution < 1.29 is 12.8 Å². The third-order valence-electron chi connectivity index (χ3n) is 3.00. The summed E-state index contributed by atoms with van der Waals surface area (Å²) < 4.78 is 39.9. The molecule has 0 aromatic heterocycles. The maximum atomic E-state index is 13.7. The van der Waals surface area contributed by atoms with Crippen LogP contribution in [0.2, 0.25) is 0 Å². The van der Waals surface area contributed by atoms with E-state index in [1.165, 1.54) is 12.1 Å². The Kier molecular flexibility index (Phi) is 4.54. The highest BCUT2D eigenvalue weighted by molar-refractivity contribution is 7.89. The molecule has 6 heteroatoms. The first-order chi connectivity index (χ1) is 9.03. The number of halogens is 1. The summed E-state index contributed by atoms with van der Waals surface area (Å²) in [6.45, 7) is 2.74. The van der Waals surface area contributed by atoms with Gasteiger partial charge in [0.25, 0.3) is 0 Å². The van der Waals surface area contributed by atoms with E-state index in [2.05, 4.69) is 10.0 Å². The summed E-state index contributed by atoms with van der Waals surface area (Å²) in [4.78, 5) is -0.268. The van der Waals surface area contributed by atoms with Crippen molar-refractivity contribution in [2.45, 2.75) is 43.7 Å². The molecule has 4 nitrogen and oxygen atoms in total. The molecule has 0 unspecified atom stereocenters. The van der Waals surface area contributed by atoms with Crippen molar-refractivity contribution in [3.8, 4) is 0 Å². The van der Waals surface area contributed by atoms with Crippen LogP contribution in [0, 0.1) is 5.82 Å². The number of hydrogen-bond acceptors (Lipinski definition) is 3. The van der Waals surface area contributed by atoms with Crippen LogP contribution in [0.15, 0.2) is 23.1 Å². The fraction of sp³-hybridized carbons (Fsp3) is 0.538. The van der Waals surface area contributed by atoms with Crippen LogP contribution in [-0.4, -0.2) is 21.0 Å². The van der Waals surface area contributed by atoms with Crippen molar-refractivity contribution in [3.05, 3.63) is 29.6 Å². The van der Waals surface area contributed by atoms with Crippen LogP contribution in [-0.2, 0) is 16.6 Å². The quantitative estimate of drug-likeness (QED) is 0.803. The summed E-state index contributed by atoms with van der Waals surface area (Å²) in [6, 6.07) is 4.76. The van der Waals surface area contributed by atoms with Gasteiger partial charge in [-0.3, -0.25) is 0 Å². The van der Waals surface area contributed by atoms with E-state index in [-0.39, 0.29) is 4.90 Å². The van der Waals surface area contributed by atoms with Crippen molar-refractivity contribution in [2.24, 2.45) is 0 Å². The van der Waals surface area contributed by atoms with Crippen LogP contribution in [0.5, 0.6) is 0 Å². The summed E-state index contributed by atoms with van der Waals surface area (Å²) in [7, 11) is -3.75. The Morgan fingerprint density at radius 1 is 1.37 bits per heavy atom. The normalized spacial score (nSPS) is 15.7. The van der Waals surface area contributed by atoms with Crippen molar-refractivity contribution in [1.29, 1.82) is 0 Å². The van der Waals surface area contributed by atoms with Gasteiger partial charge in [0.15, 0.2) is 0 Å². The van der Waals surface area contributed by atoms with E-state index in [0.717, 1.165) is 18.4 Å². The molecule has 0 saturated heterocycles. The van der Waals surface area contributed by atoms with Crippen LogP contribution in [0.25, 0.3) is 0 Å². The van der Waals surface area contributed by atoms with Crippen LogP contribution in [0.3, 0.4) is 0 Å². The van der Waals surface area contributed by atoms with Crippen LogP contribution in [0.4, 0.5) is 4.39 Å². The zero-order valence-corrected chi connectivity index (χ0v) is 11.8. The second-order valence-corrected chi connectivity index (χ2v) is 6.55. The molecule has 0 radical (unpaired) electrons. The minimum atomic E-state index is -3.75. The number of sulfonamides is 1. The van der Waals surface area contributed by atoms with E-state index in [4.69, 9.17) is 0 Å². The number of rotatable bonds is 7. The average molecular weight is 286 g/mol. The molecule has 1 saturated carbocycles. The van der Waals surface area contributed by atoms with Gasteiger partial charge in [-0.05, 0) is 37.0 Å². The molecule has 2 N–H and O–H groups in total. The van der Waals surface area contributed by atoms with E-state index >= 15 is 0 Å². The number of benzene rings is 1. The van der Waals surface area contributed by atoms with Gasteiger partial charge in [0.1, 0.15) is 10.7 Å². The molecular weight excluding hydrogens is 267 g/mol. The lowest BCUT2D eigenvalue weighted by Gasteiger charge is -2.09. The lowest BCUT2D eigenvalue weighted by atomic mass is 10.2. The van der Waals surface area contributed by atoms with Gasteiger partial charge >= 0.3 is 0 Å². The van der Waals surface area contributed by atoms with E-state index in [9.17, 15) is 12.8 Å². The fourth-order valence-corrected chi connectivity index (χ4v) is 2.99. The highest BCUT2D eigenvalue weighted by Gasteiger charge is 2.22. The predicted molar refractivity (Wildman–Crippen MR) is 71.7 cm³/mol. The standard InChI is InChI=1S/C13H19FN2O2S/c1-2-7-16-19(17,18)13-8-10(3-6-12(13)14)9-15-11-4-5-11/h3,6,8,11,15-16H,2,4-5,7,9H2,1H3. The van der Waals surface area contributed by atoms with Crippen molar-refractivity contribution >= 4 is 10.0 Å². The molecule has 0 amide bonds. The van der Waals surface area contributed by atoms with Gasteiger partial charge in [0.2, 0.25) is 10.0 Å². The first-order valence-electron chi connectivity index (χ1n) is 6.54.